The van der Waals surface area contributed by atoms with Crippen molar-refractivity contribution in [2.24, 2.45) is 11.3 Å². The van der Waals surface area contributed by atoms with Crippen LogP contribution in [0, 0.1) is 11.3 Å². The molecule has 1 fully saturated rings. The van der Waals surface area contributed by atoms with Crippen molar-refractivity contribution < 1.29 is 5.11 Å². The molecular formula is C20H30O. The first-order valence-corrected chi connectivity index (χ1v) is 8.57. The van der Waals surface area contributed by atoms with Gasteiger partial charge in [0.1, 0.15) is 0 Å². The molecular weight excluding hydrogens is 256 g/mol. The van der Waals surface area contributed by atoms with Crippen LogP contribution in [0.15, 0.2) is 18.2 Å². The lowest BCUT2D eigenvalue weighted by Crippen LogP contribution is -2.54. The minimum atomic E-state index is -0.194. The lowest BCUT2D eigenvalue weighted by Gasteiger charge is -2.56. The molecule has 1 aromatic rings. The topological polar surface area (TPSA) is 20.2 Å². The third-order valence-electron chi connectivity index (χ3n) is 6.27. The van der Waals surface area contributed by atoms with Crippen LogP contribution in [0.1, 0.15) is 76.5 Å². The van der Waals surface area contributed by atoms with Gasteiger partial charge in [0.2, 0.25) is 0 Å². The number of hydrogen-bond acceptors (Lipinski definition) is 1. The molecule has 116 valence electrons. The molecule has 1 N–H and O–H groups in total. The van der Waals surface area contributed by atoms with E-state index in [1.165, 1.54) is 36.0 Å². The zero-order valence-electron chi connectivity index (χ0n) is 14.2. The molecule has 0 saturated heterocycles. The molecule has 3 atom stereocenters. The minimum Gasteiger partial charge on any atom is -0.392 e. The Morgan fingerprint density at radius 3 is 2.52 bits per heavy atom. The number of aliphatic hydroxyl groups is 1. The van der Waals surface area contributed by atoms with E-state index in [0.29, 0.717) is 11.8 Å². The third kappa shape index (κ3) is 2.25. The monoisotopic (exact) mass is 286 g/mol. The smallest absolute Gasteiger partial charge is 0.0622 e. The summed E-state index contributed by atoms with van der Waals surface area (Å²) in [6.07, 6.45) is 4.37. The molecule has 0 unspecified atom stereocenters. The summed E-state index contributed by atoms with van der Waals surface area (Å²) in [6.45, 7) is 11.6. The van der Waals surface area contributed by atoms with Gasteiger partial charge in [-0.05, 0) is 58.6 Å². The summed E-state index contributed by atoms with van der Waals surface area (Å²) >= 11 is 0. The fourth-order valence-corrected chi connectivity index (χ4v) is 5.37. The van der Waals surface area contributed by atoms with Gasteiger partial charge in [-0.15, -0.1) is 0 Å². The van der Waals surface area contributed by atoms with E-state index in [1.54, 1.807) is 0 Å². The zero-order valence-corrected chi connectivity index (χ0v) is 14.2. The Hall–Kier alpha value is -0.820. The molecule has 2 aliphatic rings. The zero-order chi connectivity index (χ0) is 15.4. The van der Waals surface area contributed by atoms with E-state index < -0.39 is 0 Å². The van der Waals surface area contributed by atoms with E-state index in [0.717, 1.165) is 6.42 Å². The molecule has 1 saturated carbocycles. The molecule has 0 aliphatic heterocycles. The first kappa shape index (κ1) is 15.1. The summed E-state index contributed by atoms with van der Waals surface area (Å²) in [6, 6.07) is 7.03. The molecule has 0 aromatic heterocycles. The summed E-state index contributed by atoms with van der Waals surface area (Å²) in [4.78, 5) is 0. The average molecular weight is 286 g/mol. The standard InChI is InChI=1S/C20H30O/c1-13(2)14-7-8-16-15(11-14)12-17(21)18-19(3,4)9-6-10-20(16,18)5/h7-8,11,13,17-18,21H,6,9-10,12H2,1-5H3/t17-,18-,20+/m0/s1. The van der Waals surface area contributed by atoms with E-state index in [1.807, 2.05) is 0 Å². The molecule has 3 rings (SSSR count). The quantitative estimate of drug-likeness (QED) is 0.785. The van der Waals surface area contributed by atoms with Gasteiger partial charge in [-0.3, -0.25) is 0 Å². The summed E-state index contributed by atoms with van der Waals surface area (Å²) in [7, 11) is 0. The van der Waals surface area contributed by atoms with Crippen LogP contribution in [0.2, 0.25) is 0 Å². The van der Waals surface area contributed by atoms with Gasteiger partial charge < -0.3 is 5.11 Å². The van der Waals surface area contributed by atoms with Gasteiger partial charge >= 0.3 is 0 Å². The first-order valence-electron chi connectivity index (χ1n) is 8.57. The predicted octanol–water partition coefficient (Wildman–Crippen LogP) is 4.81. The minimum absolute atomic E-state index is 0.143. The van der Waals surface area contributed by atoms with Crippen molar-refractivity contribution in [3.05, 3.63) is 34.9 Å². The van der Waals surface area contributed by atoms with E-state index in [2.05, 4.69) is 52.8 Å². The lowest BCUT2D eigenvalue weighted by molar-refractivity contribution is -0.0534. The molecule has 1 nitrogen and oxygen atoms in total. The van der Waals surface area contributed by atoms with Crippen molar-refractivity contribution in [1.29, 1.82) is 0 Å². The van der Waals surface area contributed by atoms with E-state index >= 15 is 0 Å². The number of fused-ring (bicyclic) bond motifs is 3. The summed E-state index contributed by atoms with van der Waals surface area (Å²) in [5.41, 5.74) is 4.68. The Kier molecular flexibility index (Phi) is 3.48. The van der Waals surface area contributed by atoms with Gasteiger partial charge in [0, 0.05) is 0 Å². The molecule has 2 aliphatic carbocycles. The highest BCUT2D eigenvalue weighted by Gasteiger charge is 2.53. The van der Waals surface area contributed by atoms with Gasteiger partial charge in [-0.25, -0.2) is 0 Å². The van der Waals surface area contributed by atoms with Crippen molar-refractivity contribution in [3.63, 3.8) is 0 Å². The van der Waals surface area contributed by atoms with Crippen LogP contribution in [0.3, 0.4) is 0 Å². The average Bonchev–Trinajstić information content (AvgIpc) is 2.36. The van der Waals surface area contributed by atoms with E-state index in [9.17, 15) is 5.11 Å². The van der Waals surface area contributed by atoms with Gasteiger partial charge in [-0.2, -0.15) is 0 Å². The maximum absolute atomic E-state index is 10.9. The number of hydrogen-bond donors (Lipinski definition) is 1. The van der Waals surface area contributed by atoms with Crippen LogP contribution in [0.4, 0.5) is 0 Å². The number of aliphatic hydroxyl groups excluding tert-OH is 1. The molecule has 0 radical (unpaired) electrons. The molecule has 1 aromatic carbocycles. The van der Waals surface area contributed by atoms with E-state index in [4.69, 9.17) is 0 Å². The van der Waals surface area contributed by atoms with Crippen LogP contribution in [0.5, 0.6) is 0 Å². The first-order chi connectivity index (χ1) is 9.75. The highest BCUT2D eigenvalue weighted by Crippen LogP contribution is 2.57. The molecule has 0 bridgehead atoms. The number of rotatable bonds is 1. The Labute approximate surface area is 129 Å². The van der Waals surface area contributed by atoms with Crippen molar-refractivity contribution in [2.45, 2.75) is 77.7 Å². The van der Waals surface area contributed by atoms with Crippen LogP contribution < -0.4 is 0 Å². The van der Waals surface area contributed by atoms with Gasteiger partial charge in [0.25, 0.3) is 0 Å². The Morgan fingerprint density at radius 1 is 1.14 bits per heavy atom. The molecule has 1 heteroatoms. The summed E-state index contributed by atoms with van der Waals surface area (Å²) in [5, 5.41) is 10.9. The number of benzene rings is 1. The molecule has 0 heterocycles. The lowest BCUT2D eigenvalue weighted by atomic mass is 9.49. The normalized spacial score (nSPS) is 34.4. The van der Waals surface area contributed by atoms with Gasteiger partial charge in [0.05, 0.1) is 6.10 Å². The van der Waals surface area contributed by atoms with Crippen LogP contribution in [0.25, 0.3) is 0 Å². The Morgan fingerprint density at radius 2 is 1.86 bits per heavy atom. The van der Waals surface area contributed by atoms with Crippen LogP contribution >= 0.6 is 0 Å². The highest BCUT2D eigenvalue weighted by molar-refractivity contribution is 5.43. The van der Waals surface area contributed by atoms with Gasteiger partial charge in [0.15, 0.2) is 0 Å². The van der Waals surface area contributed by atoms with Gasteiger partial charge in [-0.1, -0.05) is 59.2 Å². The van der Waals surface area contributed by atoms with Crippen molar-refractivity contribution in [3.8, 4) is 0 Å². The second-order valence-corrected chi connectivity index (χ2v) is 8.58. The molecule has 0 spiro atoms. The van der Waals surface area contributed by atoms with Crippen molar-refractivity contribution in [2.75, 3.05) is 0 Å². The van der Waals surface area contributed by atoms with Crippen LogP contribution in [-0.2, 0) is 11.8 Å². The predicted molar refractivity (Wildman–Crippen MR) is 88.7 cm³/mol. The second-order valence-electron chi connectivity index (χ2n) is 8.58. The largest absolute Gasteiger partial charge is 0.392 e. The van der Waals surface area contributed by atoms with Crippen LogP contribution in [-0.4, -0.2) is 11.2 Å². The van der Waals surface area contributed by atoms with Crippen molar-refractivity contribution >= 4 is 0 Å². The molecule has 0 amide bonds. The fourth-order valence-electron chi connectivity index (χ4n) is 5.37. The van der Waals surface area contributed by atoms with E-state index in [-0.39, 0.29) is 16.9 Å². The fraction of sp³-hybridized carbons (Fsp3) is 0.700. The highest BCUT2D eigenvalue weighted by atomic mass is 16.3. The van der Waals surface area contributed by atoms with Crippen molar-refractivity contribution in [1.82, 2.24) is 0 Å². The Balaban J connectivity index is 2.12. The summed E-state index contributed by atoms with van der Waals surface area (Å²) in [5.74, 6) is 0.942. The third-order valence-corrected chi connectivity index (χ3v) is 6.27. The SMILES string of the molecule is CC(C)c1ccc2c(c1)C[C@H](O)[C@H]1C(C)(C)CCC[C@]21C. The maximum Gasteiger partial charge on any atom is 0.0622 e. The summed E-state index contributed by atoms with van der Waals surface area (Å²) < 4.78 is 0. The second kappa shape index (κ2) is 4.84. The molecule has 21 heavy (non-hydrogen) atoms. The Bertz CT molecular complexity index is 543. The maximum atomic E-state index is 10.9.